The van der Waals surface area contributed by atoms with Crippen LogP contribution in [0.5, 0.6) is 5.75 Å². The van der Waals surface area contributed by atoms with Gasteiger partial charge in [0.2, 0.25) is 0 Å². The summed E-state index contributed by atoms with van der Waals surface area (Å²) in [7, 11) is 1.62. The first-order valence-corrected chi connectivity index (χ1v) is 10.9. The van der Waals surface area contributed by atoms with E-state index in [0.717, 1.165) is 34.6 Å². The molecule has 1 aliphatic rings. The zero-order valence-corrected chi connectivity index (χ0v) is 19.0. The number of fused-ring (bicyclic) bond motifs is 2. The third-order valence-electron chi connectivity index (χ3n) is 5.68. The number of hydrogen-bond acceptors (Lipinski definition) is 6. The van der Waals surface area contributed by atoms with E-state index in [-0.39, 0.29) is 5.92 Å². The molecule has 3 amide bonds. The summed E-state index contributed by atoms with van der Waals surface area (Å²) in [5.41, 5.74) is 9.56. The minimum Gasteiger partial charge on any atom is -0.497 e. The molecule has 1 aliphatic carbocycles. The molecule has 3 N–H and O–H groups in total. The van der Waals surface area contributed by atoms with Gasteiger partial charge >= 0.3 is 12.0 Å². The Labute approximate surface area is 196 Å². The van der Waals surface area contributed by atoms with E-state index in [1.807, 2.05) is 53.8 Å². The number of amides is 3. The van der Waals surface area contributed by atoms with Gasteiger partial charge in [-0.25, -0.2) is 14.6 Å². The van der Waals surface area contributed by atoms with Gasteiger partial charge < -0.3 is 15.2 Å². The average molecular weight is 460 g/mol. The van der Waals surface area contributed by atoms with Crippen molar-refractivity contribution in [2.24, 2.45) is 11.7 Å². The molecule has 34 heavy (non-hydrogen) atoms. The fraction of sp³-hybridized carbons (Fsp3) is 0.231. The molecule has 8 nitrogen and oxygen atoms in total. The minimum atomic E-state index is -1.00. The van der Waals surface area contributed by atoms with Crippen molar-refractivity contribution in [1.82, 2.24) is 10.3 Å². The maximum absolute atomic E-state index is 13.2. The minimum absolute atomic E-state index is 0.268. The number of urea groups is 1. The lowest BCUT2D eigenvalue weighted by Crippen LogP contribution is -2.37. The van der Waals surface area contributed by atoms with Crippen molar-refractivity contribution < 1.29 is 23.9 Å². The Hall–Kier alpha value is -4.20. The maximum Gasteiger partial charge on any atom is 0.339 e. The number of rotatable bonds is 5. The summed E-state index contributed by atoms with van der Waals surface area (Å²) in [6.45, 7) is 1.51. The summed E-state index contributed by atoms with van der Waals surface area (Å²) in [6, 6.07) is 14.1. The van der Waals surface area contributed by atoms with E-state index in [1.54, 1.807) is 7.11 Å². The van der Waals surface area contributed by atoms with Gasteiger partial charge in [-0.1, -0.05) is 37.3 Å². The molecule has 0 spiro atoms. The second kappa shape index (κ2) is 9.74. The molecule has 1 aromatic heterocycles. The lowest BCUT2D eigenvalue weighted by molar-refractivity contribution is -0.123. The van der Waals surface area contributed by atoms with Gasteiger partial charge in [0.05, 0.1) is 23.9 Å². The van der Waals surface area contributed by atoms with Crippen molar-refractivity contribution in [3.8, 4) is 5.75 Å². The Morgan fingerprint density at radius 2 is 1.85 bits per heavy atom. The van der Waals surface area contributed by atoms with Gasteiger partial charge in [0.1, 0.15) is 5.75 Å². The number of nitrogens with zero attached hydrogens (tertiary/aromatic N) is 1. The van der Waals surface area contributed by atoms with Gasteiger partial charge in [0, 0.05) is 5.39 Å². The molecule has 4 rings (SSSR count). The lowest BCUT2D eigenvalue weighted by Gasteiger charge is -2.26. The number of carbonyl (C=O) groups is 3. The van der Waals surface area contributed by atoms with Crippen LogP contribution in [0.1, 0.15) is 40.5 Å². The average Bonchev–Trinajstić information content (AvgIpc) is 2.81. The van der Waals surface area contributed by atoms with Gasteiger partial charge in [-0.2, -0.15) is 0 Å². The van der Waals surface area contributed by atoms with Gasteiger partial charge in [0.25, 0.3) is 5.91 Å². The van der Waals surface area contributed by atoms with Crippen molar-refractivity contribution in [2.75, 3.05) is 13.7 Å². The summed E-state index contributed by atoms with van der Waals surface area (Å²) >= 11 is 0. The predicted molar refractivity (Wildman–Crippen MR) is 128 cm³/mol. The van der Waals surface area contributed by atoms with Crippen molar-refractivity contribution in [3.63, 3.8) is 0 Å². The van der Waals surface area contributed by atoms with Crippen molar-refractivity contribution in [1.29, 1.82) is 0 Å². The van der Waals surface area contributed by atoms with Crippen molar-refractivity contribution in [2.45, 2.75) is 19.8 Å². The van der Waals surface area contributed by atoms with Crippen LogP contribution in [0.3, 0.4) is 0 Å². The number of benzene rings is 2. The molecule has 3 aromatic rings. The van der Waals surface area contributed by atoms with E-state index in [0.29, 0.717) is 22.9 Å². The van der Waals surface area contributed by atoms with E-state index in [4.69, 9.17) is 20.2 Å². The van der Waals surface area contributed by atoms with E-state index < -0.39 is 24.5 Å². The second-order valence-corrected chi connectivity index (χ2v) is 8.28. The van der Waals surface area contributed by atoms with E-state index in [2.05, 4.69) is 13.0 Å². The fourth-order valence-electron chi connectivity index (χ4n) is 4.25. The molecular formula is C26H25N3O5. The number of nitrogens with one attached hydrogen (secondary N) is 1. The number of nitrogens with two attached hydrogens (primary N) is 1. The molecule has 2 aromatic carbocycles. The van der Waals surface area contributed by atoms with Crippen LogP contribution in [-0.2, 0) is 16.0 Å². The number of aromatic nitrogens is 1. The molecule has 1 unspecified atom stereocenters. The molecule has 1 heterocycles. The number of allylic oxidation sites excluding steroid dienone is 1. The van der Waals surface area contributed by atoms with Crippen LogP contribution in [0.4, 0.5) is 4.79 Å². The monoisotopic (exact) mass is 459 g/mol. The van der Waals surface area contributed by atoms with Gasteiger partial charge in [-0.3, -0.25) is 10.1 Å². The fourth-order valence-corrected chi connectivity index (χ4v) is 4.25. The quantitative estimate of drug-likeness (QED) is 0.561. The van der Waals surface area contributed by atoms with Crippen LogP contribution in [0.25, 0.3) is 22.6 Å². The predicted octanol–water partition coefficient (Wildman–Crippen LogP) is 3.72. The van der Waals surface area contributed by atoms with Crippen LogP contribution >= 0.6 is 0 Å². The Morgan fingerprint density at radius 1 is 1.12 bits per heavy atom. The summed E-state index contributed by atoms with van der Waals surface area (Å²) < 4.78 is 10.5. The molecule has 0 saturated carbocycles. The number of pyridine rings is 1. The summed E-state index contributed by atoms with van der Waals surface area (Å²) in [6.07, 6.45) is 3.52. The Kier molecular flexibility index (Phi) is 6.58. The zero-order valence-electron chi connectivity index (χ0n) is 19.0. The number of methoxy groups -OCH3 is 1. The third kappa shape index (κ3) is 4.91. The standard InChI is InChI=1S/C26H25N3O5/c1-15-11-17(13-16-7-9-18(33-2)10-8-16)24-20(12-15)23(19-5-3-4-6-21(19)28-24)25(31)34-14-22(30)29-26(27)32/h3-10,13,15H,11-12,14H2,1-2H3,(H3,27,29,30,32)/b17-13-. The van der Waals surface area contributed by atoms with E-state index in [9.17, 15) is 14.4 Å². The van der Waals surface area contributed by atoms with Crippen LogP contribution in [0.15, 0.2) is 48.5 Å². The number of primary amides is 1. The van der Waals surface area contributed by atoms with Gasteiger partial charge in [-0.15, -0.1) is 0 Å². The molecule has 0 radical (unpaired) electrons. The largest absolute Gasteiger partial charge is 0.497 e. The highest BCUT2D eigenvalue weighted by Gasteiger charge is 2.29. The number of imide groups is 1. The van der Waals surface area contributed by atoms with Gasteiger partial charge in [-0.05, 0) is 59.7 Å². The molecule has 8 heteroatoms. The Morgan fingerprint density at radius 3 is 2.56 bits per heavy atom. The molecular weight excluding hydrogens is 434 g/mol. The molecule has 0 aliphatic heterocycles. The van der Waals surface area contributed by atoms with Crippen LogP contribution in [-0.4, -0.2) is 36.6 Å². The Bertz CT molecular complexity index is 1300. The number of esters is 1. The first-order valence-electron chi connectivity index (χ1n) is 10.9. The molecule has 174 valence electrons. The smallest absolute Gasteiger partial charge is 0.339 e. The first-order chi connectivity index (χ1) is 16.4. The highest BCUT2D eigenvalue weighted by atomic mass is 16.5. The van der Waals surface area contributed by atoms with E-state index >= 15 is 0 Å². The van der Waals surface area contributed by atoms with E-state index in [1.165, 1.54) is 0 Å². The molecule has 0 saturated heterocycles. The number of hydrogen-bond donors (Lipinski definition) is 2. The number of ether oxygens (including phenoxy) is 2. The molecule has 0 bridgehead atoms. The number of para-hydroxylation sites is 1. The highest BCUT2D eigenvalue weighted by molar-refractivity contribution is 6.07. The highest BCUT2D eigenvalue weighted by Crippen LogP contribution is 2.38. The molecule has 1 atom stereocenters. The molecule has 0 fully saturated rings. The van der Waals surface area contributed by atoms with Crippen LogP contribution < -0.4 is 15.8 Å². The second-order valence-electron chi connectivity index (χ2n) is 8.28. The lowest BCUT2D eigenvalue weighted by atomic mass is 9.80. The summed E-state index contributed by atoms with van der Waals surface area (Å²) in [5, 5.41) is 2.54. The van der Waals surface area contributed by atoms with Crippen LogP contribution in [0, 0.1) is 5.92 Å². The van der Waals surface area contributed by atoms with Gasteiger partial charge in [0.15, 0.2) is 6.61 Å². The SMILES string of the molecule is COc1ccc(/C=C2/CC(C)Cc3c2nc2ccccc2c3C(=O)OCC(=O)NC(N)=O)cc1. The van der Waals surface area contributed by atoms with Crippen molar-refractivity contribution >= 4 is 40.5 Å². The zero-order chi connectivity index (χ0) is 24.2. The number of carbonyl (C=O) groups excluding carboxylic acids is 3. The first kappa shape index (κ1) is 23.0. The summed E-state index contributed by atoms with van der Waals surface area (Å²) in [5.74, 6) is -0.396. The summed E-state index contributed by atoms with van der Waals surface area (Å²) in [4.78, 5) is 40.7. The van der Waals surface area contributed by atoms with Crippen molar-refractivity contribution in [3.05, 3.63) is 70.9 Å². The topological polar surface area (TPSA) is 121 Å². The third-order valence-corrected chi connectivity index (χ3v) is 5.68. The maximum atomic E-state index is 13.2. The van der Waals surface area contributed by atoms with Crippen LogP contribution in [0.2, 0.25) is 0 Å². The Balaban J connectivity index is 1.78. The normalized spacial score (nSPS) is 16.1.